The number of aromatic nitrogens is 1. The lowest BCUT2D eigenvalue weighted by atomic mass is 9.95. The number of benzene rings is 3. The summed E-state index contributed by atoms with van der Waals surface area (Å²) >= 11 is 5.13. The molecular formula is C28H25BrFN3OS. The molecular weight excluding hydrogens is 525 g/mol. The zero-order valence-electron chi connectivity index (χ0n) is 19.7. The fourth-order valence-corrected chi connectivity index (χ4v) is 5.57. The third-order valence-corrected chi connectivity index (χ3v) is 7.66. The number of halogens is 2. The number of thiazole rings is 1. The van der Waals surface area contributed by atoms with Crippen LogP contribution in [0.5, 0.6) is 5.75 Å². The molecule has 1 aliphatic heterocycles. The highest BCUT2D eigenvalue weighted by Gasteiger charge is 2.32. The first-order chi connectivity index (χ1) is 16.9. The second-order valence-corrected chi connectivity index (χ2v) is 10.5. The summed E-state index contributed by atoms with van der Waals surface area (Å²) in [7, 11) is 1.65. The van der Waals surface area contributed by atoms with E-state index in [0.29, 0.717) is 5.92 Å². The number of hydrogen-bond acceptors (Lipinski definition) is 5. The van der Waals surface area contributed by atoms with Crippen LogP contribution in [0.3, 0.4) is 0 Å². The van der Waals surface area contributed by atoms with Crippen molar-refractivity contribution in [3.8, 4) is 17.0 Å². The van der Waals surface area contributed by atoms with Crippen LogP contribution in [0.2, 0.25) is 0 Å². The summed E-state index contributed by atoms with van der Waals surface area (Å²) in [6.45, 7) is 4.39. The van der Waals surface area contributed by atoms with E-state index in [1.807, 2.05) is 28.6 Å². The zero-order chi connectivity index (χ0) is 24.5. The normalized spacial score (nSPS) is 15.5. The Kier molecular flexibility index (Phi) is 6.71. The van der Waals surface area contributed by atoms with Gasteiger partial charge in [-0.1, -0.05) is 50.2 Å². The van der Waals surface area contributed by atoms with Crippen LogP contribution in [0, 0.1) is 5.82 Å². The van der Waals surface area contributed by atoms with Gasteiger partial charge in [-0.05, 0) is 68.9 Å². The largest absolute Gasteiger partial charge is 0.496 e. The lowest BCUT2D eigenvalue weighted by molar-refractivity contribution is 0.412. The first-order valence-corrected chi connectivity index (χ1v) is 13.1. The van der Waals surface area contributed by atoms with E-state index in [4.69, 9.17) is 14.8 Å². The van der Waals surface area contributed by atoms with Gasteiger partial charge in [0.1, 0.15) is 11.6 Å². The van der Waals surface area contributed by atoms with E-state index in [1.54, 1.807) is 30.6 Å². The molecule has 0 fully saturated rings. The Morgan fingerprint density at radius 2 is 1.74 bits per heavy atom. The van der Waals surface area contributed by atoms with Crippen molar-refractivity contribution < 1.29 is 9.13 Å². The maximum absolute atomic E-state index is 13.5. The summed E-state index contributed by atoms with van der Waals surface area (Å²) in [5.41, 5.74) is 6.21. The van der Waals surface area contributed by atoms with E-state index in [1.165, 1.54) is 23.3 Å². The molecule has 2 heterocycles. The Morgan fingerprint density at radius 3 is 2.40 bits per heavy atom. The molecule has 4 aromatic rings. The van der Waals surface area contributed by atoms with Crippen LogP contribution in [-0.4, -0.2) is 17.8 Å². The van der Waals surface area contributed by atoms with Crippen LogP contribution in [0.1, 0.15) is 48.9 Å². The summed E-state index contributed by atoms with van der Waals surface area (Å²) < 4.78 is 19.8. The molecule has 0 aliphatic carbocycles. The van der Waals surface area contributed by atoms with Crippen molar-refractivity contribution in [2.24, 2.45) is 5.10 Å². The average molecular weight is 550 g/mol. The second-order valence-electron chi connectivity index (χ2n) is 8.80. The molecule has 1 aliphatic rings. The molecule has 0 spiro atoms. The standard InChI is InChI=1S/C28H25BrFN3OS/c1-17(2)18-4-6-20(7-5-18)26-15-24(19-8-11-22(30)12-9-19)32-33(26)28-31-25(16-35-28)21-10-13-27(34-3)23(29)14-21/h4-14,16-17,26H,15H2,1-3H3/t26-/m1/s1. The van der Waals surface area contributed by atoms with Crippen LogP contribution in [-0.2, 0) is 0 Å². The molecule has 1 atom stereocenters. The number of ether oxygens (including phenoxy) is 1. The molecule has 0 unspecified atom stereocenters. The van der Waals surface area contributed by atoms with Gasteiger partial charge in [0, 0.05) is 17.4 Å². The molecule has 1 aromatic heterocycles. The van der Waals surface area contributed by atoms with Gasteiger partial charge in [0.25, 0.3) is 0 Å². The summed E-state index contributed by atoms with van der Waals surface area (Å²) in [5.74, 6) is 1.00. The van der Waals surface area contributed by atoms with Crippen LogP contribution in [0.25, 0.3) is 11.3 Å². The van der Waals surface area contributed by atoms with Crippen LogP contribution >= 0.6 is 27.3 Å². The lowest BCUT2D eigenvalue weighted by Gasteiger charge is -2.21. The molecule has 35 heavy (non-hydrogen) atoms. The Morgan fingerprint density at radius 1 is 1.03 bits per heavy atom. The molecule has 0 amide bonds. The molecule has 3 aromatic carbocycles. The third kappa shape index (κ3) is 4.88. The van der Waals surface area contributed by atoms with E-state index in [-0.39, 0.29) is 11.9 Å². The number of rotatable bonds is 6. The van der Waals surface area contributed by atoms with Crippen molar-refractivity contribution in [3.05, 3.63) is 99.1 Å². The van der Waals surface area contributed by atoms with Crippen molar-refractivity contribution in [2.75, 3.05) is 12.1 Å². The monoisotopic (exact) mass is 549 g/mol. The number of hydrazone groups is 1. The molecule has 4 nitrogen and oxygen atoms in total. The van der Waals surface area contributed by atoms with E-state index < -0.39 is 0 Å². The molecule has 5 rings (SSSR count). The van der Waals surface area contributed by atoms with Crippen LogP contribution in [0.15, 0.2) is 81.7 Å². The van der Waals surface area contributed by atoms with Gasteiger partial charge in [-0.2, -0.15) is 5.10 Å². The van der Waals surface area contributed by atoms with Crippen LogP contribution < -0.4 is 9.75 Å². The van der Waals surface area contributed by atoms with Crippen molar-refractivity contribution >= 4 is 38.1 Å². The van der Waals surface area contributed by atoms with Crippen molar-refractivity contribution in [1.82, 2.24) is 4.98 Å². The Balaban J connectivity index is 1.51. The van der Waals surface area contributed by atoms with Gasteiger partial charge in [-0.15, -0.1) is 11.3 Å². The third-order valence-electron chi connectivity index (χ3n) is 6.21. The van der Waals surface area contributed by atoms with Gasteiger partial charge in [-0.3, -0.25) is 0 Å². The summed E-state index contributed by atoms with van der Waals surface area (Å²) in [6, 6.07) is 21.3. The Bertz CT molecular complexity index is 1370. The van der Waals surface area contributed by atoms with Gasteiger partial charge >= 0.3 is 0 Å². The van der Waals surface area contributed by atoms with Gasteiger partial charge in [0.15, 0.2) is 0 Å². The highest BCUT2D eigenvalue weighted by molar-refractivity contribution is 9.10. The Hall–Kier alpha value is -3.03. The fraction of sp³-hybridized carbons (Fsp3) is 0.214. The van der Waals surface area contributed by atoms with E-state index >= 15 is 0 Å². The van der Waals surface area contributed by atoms with E-state index in [0.717, 1.165) is 44.3 Å². The molecule has 0 saturated carbocycles. The zero-order valence-corrected chi connectivity index (χ0v) is 22.1. The van der Waals surface area contributed by atoms with Crippen LogP contribution in [0.4, 0.5) is 9.52 Å². The molecule has 0 radical (unpaired) electrons. The number of hydrogen-bond donors (Lipinski definition) is 0. The van der Waals surface area contributed by atoms with Gasteiger partial charge in [-0.25, -0.2) is 14.4 Å². The summed E-state index contributed by atoms with van der Waals surface area (Å²) in [4.78, 5) is 4.94. The summed E-state index contributed by atoms with van der Waals surface area (Å²) in [5, 5.41) is 9.85. The SMILES string of the molecule is COc1ccc(-c2csc(N3N=C(c4ccc(F)cc4)C[C@@H]3c3ccc(C(C)C)cc3)n2)cc1Br. The number of methoxy groups -OCH3 is 1. The van der Waals surface area contributed by atoms with Crippen molar-refractivity contribution in [2.45, 2.75) is 32.2 Å². The average Bonchev–Trinajstić information content (AvgIpc) is 3.52. The van der Waals surface area contributed by atoms with Gasteiger partial charge < -0.3 is 4.74 Å². The molecule has 0 N–H and O–H groups in total. The minimum Gasteiger partial charge on any atom is -0.496 e. The fourth-order valence-electron chi connectivity index (χ4n) is 4.19. The molecule has 0 saturated heterocycles. The quantitative estimate of drug-likeness (QED) is 0.243. The molecule has 178 valence electrons. The number of anilines is 1. The van der Waals surface area contributed by atoms with E-state index in [2.05, 4.69) is 54.0 Å². The van der Waals surface area contributed by atoms with Gasteiger partial charge in [0.2, 0.25) is 5.13 Å². The molecule has 7 heteroatoms. The second kappa shape index (κ2) is 9.91. The maximum Gasteiger partial charge on any atom is 0.207 e. The van der Waals surface area contributed by atoms with Gasteiger partial charge in [0.05, 0.1) is 29.0 Å². The summed E-state index contributed by atoms with van der Waals surface area (Å²) in [6.07, 6.45) is 0.718. The first-order valence-electron chi connectivity index (χ1n) is 11.4. The molecule has 0 bridgehead atoms. The van der Waals surface area contributed by atoms with Crippen molar-refractivity contribution in [1.29, 1.82) is 0 Å². The highest BCUT2D eigenvalue weighted by atomic mass is 79.9. The highest BCUT2D eigenvalue weighted by Crippen LogP contribution is 2.40. The minimum atomic E-state index is -0.250. The topological polar surface area (TPSA) is 37.7 Å². The minimum absolute atomic E-state index is 0.0119. The Labute approximate surface area is 217 Å². The van der Waals surface area contributed by atoms with Crippen molar-refractivity contribution in [3.63, 3.8) is 0 Å². The first kappa shape index (κ1) is 23.7. The maximum atomic E-state index is 13.5. The predicted octanol–water partition coefficient (Wildman–Crippen LogP) is 8.20. The van der Waals surface area contributed by atoms with E-state index in [9.17, 15) is 4.39 Å². The lowest BCUT2D eigenvalue weighted by Crippen LogP contribution is -2.18. The smallest absolute Gasteiger partial charge is 0.207 e. The number of nitrogens with zero attached hydrogens (tertiary/aromatic N) is 3. The predicted molar refractivity (Wildman–Crippen MR) is 145 cm³/mol.